The summed E-state index contributed by atoms with van der Waals surface area (Å²) in [6.45, 7) is 2.76. The third-order valence-electron chi connectivity index (χ3n) is 3.14. The Bertz CT molecular complexity index is 445. The van der Waals surface area contributed by atoms with E-state index in [0.29, 0.717) is 11.3 Å². The van der Waals surface area contributed by atoms with Gasteiger partial charge in [0, 0.05) is 22.3 Å². The summed E-state index contributed by atoms with van der Waals surface area (Å²) >= 11 is 3.31. The van der Waals surface area contributed by atoms with E-state index in [0.717, 1.165) is 23.9 Å². The highest BCUT2D eigenvalue weighted by molar-refractivity contribution is 9.10. The van der Waals surface area contributed by atoms with Crippen molar-refractivity contribution in [3.63, 3.8) is 0 Å². The van der Waals surface area contributed by atoms with Crippen molar-refractivity contribution in [1.29, 1.82) is 0 Å². The molecule has 0 bridgehead atoms. The normalized spacial score (nSPS) is 20.7. The first kappa shape index (κ1) is 13.4. The number of ether oxygens (including phenoxy) is 1. The highest BCUT2D eigenvalue weighted by Crippen LogP contribution is 2.21. The quantitative estimate of drug-likeness (QED) is 0.842. The van der Waals surface area contributed by atoms with Gasteiger partial charge in [-0.05, 0) is 53.9 Å². The van der Waals surface area contributed by atoms with Crippen LogP contribution in [0.5, 0.6) is 0 Å². The number of halogens is 1. The van der Waals surface area contributed by atoms with Crippen LogP contribution in [0.25, 0.3) is 0 Å². The molecule has 2 unspecified atom stereocenters. The maximum absolute atomic E-state index is 12.0. The van der Waals surface area contributed by atoms with Crippen molar-refractivity contribution < 1.29 is 9.53 Å². The van der Waals surface area contributed by atoms with Gasteiger partial charge in [-0.15, -0.1) is 0 Å². The zero-order valence-electron chi connectivity index (χ0n) is 10.3. The molecule has 0 radical (unpaired) electrons. The summed E-state index contributed by atoms with van der Waals surface area (Å²) in [5.41, 5.74) is 6.89. The largest absolute Gasteiger partial charge is 0.398 e. The van der Waals surface area contributed by atoms with Gasteiger partial charge in [0.05, 0.1) is 12.1 Å². The number of nitrogen functional groups attached to an aromatic ring is 1. The zero-order chi connectivity index (χ0) is 13.1. The van der Waals surface area contributed by atoms with E-state index in [4.69, 9.17) is 10.5 Å². The van der Waals surface area contributed by atoms with Gasteiger partial charge in [0.1, 0.15) is 0 Å². The van der Waals surface area contributed by atoms with E-state index in [1.807, 2.05) is 6.92 Å². The van der Waals surface area contributed by atoms with Crippen LogP contribution >= 0.6 is 15.9 Å². The van der Waals surface area contributed by atoms with E-state index in [9.17, 15) is 4.79 Å². The molecule has 2 atom stereocenters. The predicted octanol–water partition coefficient (Wildman–Crippen LogP) is 2.33. The lowest BCUT2D eigenvalue weighted by molar-refractivity contribution is 0.0712. The van der Waals surface area contributed by atoms with Crippen LogP contribution in [-0.4, -0.2) is 24.7 Å². The monoisotopic (exact) mass is 312 g/mol. The average Bonchev–Trinajstić information content (AvgIpc) is 2.86. The number of rotatable bonds is 3. The number of hydrogen-bond donors (Lipinski definition) is 2. The molecule has 0 spiro atoms. The predicted molar refractivity (Wildman–Crippen MR) is 74.5 cm³/mol. The summed E-state index contributed by atoms with van der Waals surface area (Å²) in [5.74, 6) is -0.114. The number of carbonyl (C=O) groups excluding carboxylic acids is 1. The van der Waals surface area contributed by atoms with Gasteiger partial charge in [-0.1, -0.05) is 0 Å². The third-order valence-corrected chi connectivity index (χ3v) is 3.86. The van der Waals surface area contributed by atoms with Crippen molar-refractivity contribution in [3.05, 3.63) is 28.2 Å². The Labute approximate surface area is 115 Å². The van der Waals surface area contributed by atoms with Crippen molar-refractivity contribution in [2.24, 2.45) is 0 Å². The maximum Gasteiger partial charge on any atom is 0.251 e. The molecular weight excluding hydrogens is 296 g/mol. The molecule has 1 aliphatic rings. The molecule has 1 aromatic carbocycles. The molecule has 0 aliphatic carbocycles. The number of nitrogens with one attached hydrogen (secondary N) is 1. The second-order valence-electron chi connectivity index (χ2n) is 4.55. The van der Waals surface area contributed by atoms with E-state index >= 15 is 0 Å². The summed E-state index contributed by atoms with van der Waals surface area (Å²) in [6, 6.07) is 5.21. The first-order valence-electron chi connectivity index (χ1n) is 6.05. The van der Waals surface area contributed by atoms with Crippen LogP contribution in [0.15, 0.2) is 22.7 Å². The molecule has 3 N–H and O–H groups in total. The molecule has 0 saturated carbocycles. The van der Waals surface area contributed by atoms with Gasteiger partial charge >= 0.3 is 0 Å². The fourth-order valence-electron chi connectivity index (χ4n) is 2.06. The van der Waals surface area contributed by atoms with Gasteiger partial charge in [-0.2, -0.15) is 0 Å². The SMILES string of the molecule is CC(NC(=O)c1ccc(Br)c(N)c1)C1CCCO1. The maximum atomic E-state index is 12.0. The van der Waals surface area contributed by atoms with Crippen LogP contribution in [0.3, 0.4) is 0 Å². The van der Waals surface area contributed by atoms with Gasteiger partial charge in [0.25, 0.3) is 5.91 Å². The first-order chi connectivity index (χ1) is 8.58. The van der Waals surface area contributed by atoms with Crippen LogP contribution in [-0.2, 0) is 4.74 Å². The Kier molecular flexibility index (Phi) is 4.24. The lowest BCUT2D eigenvalue weighted by atomic mass is 10.1. The van der Waals surface area contributed by atoms with Crippen molar-refractivity contribution in [3.8, 4) is 0 Å². The number of anilines is 1. The highest BCUT2D eigenvalue weighted by atomic mass is 79.9. The van der Waals surface area contributed by atoms with Crippen LogP contribution in [0.1, 0.15) is 30.1 Å². The fourth-order valence-corrected chi connectivity index (χ4v) is 2.31. The average molecular weight is 313 g/mol. The first-order valence-corrected chi connectivity index (χ1v) is 6.84. The Balaban J connectivity index is 2.00. The Morgan fingerprint density at radius 1 is 1.61 bits per heavy atom. The summed E-state index contributed by atoms with van der Waals surface area (Å²) in [5, 5.41) is 2.95. The topological polar surface area (TPSA) is 64.4 Å². The highest BCUT2D eigenvalue weighted by Gasteiger charge is 2.24. The zero-order valence-corrected chi connectivity index (χ0v) is 11.9. The van der Waals surface area contributed by atoms with Gasteiger partial charge in [0.2, 0.25) is 0 Å². The van der Waals surface area contributed by atoms with Crippen LogP contribution in [0, 0.1) is 0 Å². The van der Waals surface area contributed by atoms with Crippen molar-refractivity contribution in [1.82, 2.24) is 5.32 Å². The number of amides is 1. The molecule has 1 fully saturated rings. The van der Waals surface area contributed by atoms with Gasteiger partial charge in [-0.25, -0.2) is 0 Å². The minimum Gasteiger partial charge on any atom is -0.398 e. The third kappa shape index (κ3) is 3.03. The Morgan fingerprint density at radius 2 is 2.39 bits per heavy atom. The van der Waals surface area contributed by atoms with Crippen molar-refractivity contribution in [2.45, 2.75) is 31.9 Å². The molecule has 2 rings (SSSR count). The second kappa shape index (κ2) is 5.71. The molecule has 0 aromatic heterocycles. The van der Waals surface area contributed by atoms with E-state index in [2.05, 4.69) is 21.2 Å². The number of benzene rings is 1. The van der Waals surface area contributed by atoms with Crippen LogP contribution < -0.4 is 11.1 Å². The van der Waals surface area contributed by atoms with E-state index in [1.165, 1.54) is 0 Å². The smallest absolute Gasteiger partial charge is 0.251 e. The molecule has 18 heavy (non-hydrogen) atoms. The molecule has 1 aliphatic heterocycles. The Morgan fingerprint density at radius 3 is 3.00 bits per heavy atom. The number of nitrogens with two attached hydrogens (primary N) is 1. The lowest BCUT2D eigenvalue weighted by Gasteiger charge is -2.20. The molecule has 1 saturated heterocycles. The second-order valence-corrected chi connectivity index (χ2v) is 5.40. The minimum absolute atomic E-state index is 0.0184. The standard InChI is InChI=1S/C13H17BrN2O2/c1-8(12-3-2-6-18-12)16-13(17)9-4-5-10(14)11(15)7-9/h4-5,7-8,12H,2-3,6,15H2,1H3,(H,16,17). The molecule has 98 valence electrons. The van der Waals surface area contributed by atoms with Crippen LogP contribution in [0.2, 0.25) is 0 Å². The number of hydrogen-bond acceptors (Lipinski definition) is 3. The molecular formula is C13H17BrN2O2. The fraction of sp³-hybridized carbons (Fsp3) is 0.462. The molecule has 1 aromatic rings. The summed E-state index contributed by atoms with van der Waals surface area (Å²) in [6.07, 6.45) is 2.20. The lowest BCUT2D eigenvalue weighted by Crippen LogP contribution is -2.40. The molecule has 1 heterocycles. The van der Waals surface area contributed by atoms with E-state index in [-0.39, 0.29) is 18.1 Å². The Hall–Kier alpha value is -1.07. The molecule has 4 nitrogen and oxygen atoms in total. The van der Waals surface area contributed by atoms with E-state index in [1.54, 1.807) is 18.2 Å². The number of carbonyl (C=O) groups is 1. The van der Waals surface area contributed by atoms with Gasteiger partial charge in [0.15, 0.2) is 0 Å². The van der Waals surface area contributed by atoms with Gasteiger partial charge < -0.3 is 15.8 Å². The summed E-state index contributed by atoms with van der Waals surface area (Å²) in [7, 11) is 0. The van der Waals surface area contributed by atoms with Crippen molar-refractivity contribution in [2.75, 3.05) is 12.3 Å². The minimum atomic E-state index is -0.114. The molecule has 5 heteroatoms. The van der Waals surface area contributed by atoms with Crippen molar-refractivity contribution >= 4 is 27.5 Å². The molecule has 1 amide bonds. The summed E-state index contributed by atoms with van der Waals surface area (Å²) in [4.78, 5) is 12.0. The van der Waals surface area contributed by atoms with Crippen LogP contribution in [0.4, 0.5) is 5.69 Å². The van der Waals surface area contributed by atoms with Gasteiger partial charge in [-0.3, -0.25) is 4.79 Å². The van der Waals surface area contributed by atoms with E-state index < -0.39 is 0 Å². The summed E-state index contributed by atoms with van der Waals surface area (Å²) < 4.78 is 6.34.